The van der Waals surface area contributed by atoms with Crippen LogP contribution >= 0.6 is 0 Å². The molecule has 1 fully saturated rings. The minimum atomic E-state index is -0.142. The van der Waals surface area contributed by atoms with Crippen LogP contribution in [0.15, 0.2) is 18.3 Å². The number of ether oxygens (including phenoxy) is 1. The molecule has 0 spiro atoms. The molecule has 18 heavy (non-hydrogen) atoms. The summed E-state index contributed by atoms with van der Waals surface area (Å²) >= 11 is 0. The average molecular weight is 249 g/mol. The quantitative estimate of drug-likeness (QED) is 0.810. The van der Waals surface area contributed by atoms with Gasteiger partial charge in [0.15, 0.2) is 0 Å². The Kier molecular flexibility index (Phi) is 4.66. The van der Waals surface area contributed by atoms with E-state index >= 15 is 0 Å². The van der Waals surface area contributed by atoms with Gasteiger partial charge < -0.3 is 15.8 Å². The molecule has 98 valence electrons. The molecule has 1 atom stereocenters. The molecule has 2 rings (SSSR count). The van der Waals surface area contributed by atoms with Gasteiger partial charge in [-0.15, -0.1) is 0 Å². The van der Waals surface area contributed by atoms with Gasteiger partial charge in [-0.2, -0.15) is 0 Å². The Balaban J connectivity index is 1.76. The summed E-state index contributed by atoms with van der Waals surface area (Å²) in [5.74, 6) is -0.142. The first-order chi connectivity index (χ1) is 8.79. The molecule has 1 aromatic heterocycles. The van der Waals surface area contributed by atoms with Gasteiger partial charge in [0.05, 0.1) is 6.10 Å². The minimum Gasteiger partial charge on any atom is -0.378 e. The van der Waals surface area contributed by atoms with Gasteiger partial charge >= 0.3 is 0 Å². The largest absolute Gasteiger partial charge is 0.378 e. The van der Waals surface area contributed by atoms with Crippen LogP contribution in [0.4, 0.5) is 0 Å². The van der Waals surface area contributed by atoms with Gasteiger partial charge in [0.25, 0.3) is 5.91 Å². The second-order valence-electron chi connectivity index (χ2n) is 4.44. The Hall–Kier alpha value is -1.46. The predicted molar refractivity (Wildman–Crippen MR) is 68.1 cm³/mol. The van der Waals surface area contributed by atoms with Crippen LogP contribution < -0.4 is 11.1 Å². The van der Waals surface area contributed by atoms with E-state index in [0.29, 0.717) is 24.9 Å². The van der Waals surface area contributed by atoms with Crippen LogP contribution in [0, 0.1) is 0 Å². The zero-order chi connectivity index (χ0) is 12.8. The molecular weight excluding hydrogens is 230 g/mol. The third-order valence-corrected chi connectivity index (χ3v) is 3.07. The van der Waals surface area contributed by atoms with E-state index in [1.54, 1.807) is 12.3 Å². The van der Waals surface area contributed by atoms with Gasteiger partial charge in [-0.05, 0) is 30.9 Å². The van der Waals surface area contributed by atoms with Crippen molar-refractivity contribution in [3.05, 3.63) is 29.6 Å². The molecule has 1 unspecified atom stereocenters. The number of rotatable bonds is 5. The molecule has 0 bridgehead atoms. The standard InChI is InChI=1S/C13H19N3O2/c14-8-10-3-4-12(16-9-10)13(17)15-6-5-11-2-1-7-18-11/h3-4,9,11H,1-2,5-8,14H2,(H,15,17). The Labute approximate surface area is 107 Å². The number of aromatic nitrogens is 1. The number of nitrogens with one attached hydrogen (secondary N) is 1. The number of nitrogens with zero attached hydrogens (tertiary/aromatic N) is 1. The summed E-state index contributed by atoms with van der Waals surface area (Å²) in [5, 5.41) is 2.85. The Bertz CT molecular complexity index is 386. The van der Waals surface area contributed by atoms with Crippen LogP contribution in [0.25, 0.3) is 0 Å². The van der Waals surface area contributed by atoms with Crippen molar-refractivity contribution in [1.82, 2.24) is 10.3 Å². The van der Waals surface area contributed by atoms with Crippen LogP contribution in [0.5, 0.6) is 0 Å². The number of pyridine rings is 1. The van der Waals surface area contributed by atoms with E-state index in [9.17, 15) is 4.79 Å². The Morgan fingerprint density at radius 2 is 2.44 bits per heavy atom. The zero-order valence-corrected chi connectivity index (χ0v) is 10.4. The van der Waals surface area contributed by atoms with E-state index in [0.717, 1.165) is 31.4 Å². The van der Waals surface area contributed by atoms with Crippen LogP contribution in [-0.4, -0.2) is 30.1 Å². The first kappa shape index (κ1) is 13.0. The molecule has 1 saturated heterocycles. The van der Waals surface area contributed by atoms with Gasteiger partial charge in [-0.1, -0.05) is 6.07 Å². The van der Waals surface area contributed by atoms with Gasteiger partial charge in [0, 0.05) is 25.9 Å². The maximum absolute atomic E-state index is 11.8. The molecule has 5 nitrogen and oxygen atoms in total. The van der Waals surface area contributed by atoms with Gasteiger partial charge in [0.1, 0.15) is 5.69 Å². The fourth-order valence-electron chi connectivity index (χ4n) is 1.99. The van der Waals surface area contributed by atoms with Crippen LogP contribution in [0.1, 0.15) is 35.3 Å². The number of amides is 1. The van der Waals surface area contributed by atoms with Gasteiger partial charge in [0.2, 0.25) is 0 Å². The molecule has 1 aliphatic heterocycles. The van der Waals surface area contributed by atoms with E-state index in [4.69, 9.17) is 10.5 Å². The molecule has 0 aromatic carbocycles. The second kappa shape index (κ2) is 6.47. The maximum Gasteiger partial charge on any atom is 0.269 e. The molecule has 2 heterocycles. The lowest BCUT2D eigenvalue weighted by molar-refractivity contribution is 0.0903. The van der Waals surface area contributed by atoms with Crippen molar-refractivity contribution in [2.75, 3.05) is 13.2 Å². The molecule has 1 aliphatic rings. The van der Waals surface area contributed by atoms with Crippen LogP contribution in [0.3, 0.4) is 0 Å². The monoisotopic (exact) mass is 249 g/mol. The third-order valence-electron chi connectivity index (χ3n) is 3.07. The van der Waals surface area contributed by atoms with Crippen molar-refractivity contribution >= 4 is 5.91 Å². The number of nitrogens with two attached hydrogens (primary N) is 1. The Morgan fingerprint density at radius 1 is 1.56 bits per heavy atom. The van der Waals surface area contributed by atoms with Crippen molar-refractivity contribution in [2.45, 2.75) is 31.9 Å². The van der Waals surface area contributed by atoms with Crippen molar-refractivity contribution in [1.29, 1.82) is 0 Å². The molecule has 1 amide bonds. The average Bonchev–Trinajstić information content (AvgIpc) is 2.92. The van der Waals surface area contributed by atoms with E-state index in [1.165, 1.54) is 0 Å². The summed E-state index contributed by atoms with van der Waals surface area (Å²) in [7, 11) is 0. The second-order valence-corrected chi connectivity index (χ2v) is 4.44. The summed E-state index contributed by atoms with van der Waals surface area (Å²) in [6.45, 7) is 1.92. The highest BCUT2D eigenvalue weighted by Gasteiger charge is 2.15. The number of carbonyl (C=O) groups is 1. The first-order valence-electron chi connectivity index (χ1n) is 6.34. The normalized spacial score (nSPS) is 18.8. The fourth-order valence-corrected chi connectivity index (χ4v) is 1.99. The highest BCUT2D eigenvalue weighted by Crippen LogP contribution is 2.14. The fraction of sp³-hybridized carbons (Fsp3) is 0.538. The molecule has 0 aliphatic carbocycles. The van der Waals surface area contributed by atoms with Crippen molar-refractivity contribution in [3.8, 4) is 0 Å². The minimum absolute atomic E-state index is 0.142. The summed E-state index contributed by atoms with van der Waals surface area (Å²) in [5.41, 5.74) is 6.82. The van der Waals surface area contributed by atoms with Crippen molar-refractivity contribution in [2.24, 2.45) is 5.73 Å². The smallest absolute Gasteiger partial charge is 0.269 e. The van der Waals surface area contributed by atoms with Gasteiger partial charge in [-0.3, -0.25) is 9.78 Å². The van der Waals surface area contributed by atoms with Gasteiger partial charge in [-0.25, -0.2) is 0 Å². The lowest BCUT2D eigenvalue weighted by atomic mass is 10.2. The van der Waals surface area contributed by atoms with Crippen molar-refractivity contribution < 1.29 is 9.53 Å². The lowest BCUT2D eigenvalue weighted by Gasteiger charge is -2.09. The number of hydrogen-bond donors (Lipinski definition) is 2. The van der Waals surface area contributed by atoms with Crippen LogP contribution in [-0.2, 0) is 11.3 Å². The topological polar surface area (TPSA) is 77.2 Å². The molecule has 3 N–H and O–H groups in total. The highest BCUT2D eigenvalue weighted by atomic mass is 16.5. The summed E-state index contributed by atoms with van der Waals surface area (Å²) in [4.78, 5) is 15.8. The van der Waals surface area contributed by atoms with E-state index in [1.807, 2.05) is 6.07 Å². The third kappa shape index (κ3) is 3.51. The highest BCUT2D eigenvalue weighted by molar-refractivity contribution is 5.92. The van der Waals surface area contributed by atoms with E-state index < -0.39 is 0 Å². The molecule has 0 radical (unpaired) electrons. The first-order valence-corrected chi connectivity index (χ1v) is 6.34. The molecule has 0 saturated carbocycles. The van der Waals surface area contributed by atoms with E-state index in [-0.39, 0.29) is 5.91 Å². The zero-order valence-electron chi connectivity index (χ0n) is 10.4. The Morgan fingerprint density at radius 3 is 3.06 bits per heavy atom. The van der Waals surface area contributed by atoms with Crippen LogP contribution in [0.2, 0.25) is 0 Å². The molecule has 1 aromatic rings. The predicted octanol–water partition coefficient (Wildman–Crippen LogP) is 0.839. The summed E-state index contributed by atoms with van der Waals surface area (Å²) < 4.78 is 5.49. The molecule has 5 heteroatoms. The SMILES string of the molecule is NCc1ccc(C(=O)NCCC2CCCO2)nc1. The number of carbonyl (C=O) groups excluding carboxylic acids is 1. The van der Waals surface area contributed by atoms with E-state index in [2.05, 4.69) is 10.3 Å². The summed E-state index contributed by atoms with van der Waals surface area (Å²) in [6, 6.07) is 3.52. The summed E-state index contributed by atoms with van der Waals surface area (Å²) in [6.07, 6.45) is 5.03. The number of hydrogen-bond acceptors (Lipinski definition) is 4. The lowest BCUT2D eigenvalue weighted by Crippen LogP contribution is -2.27. The molecular formula is C13H19N3O2. The van der Waals surface area contributed by atoms with Crippen molar-refractivity contribution in [3.63, 3.8) is 0 Å². The maximum atomic E-state index is 11.8.